The molecule has 2 unspecified atom stereocenters. The number of amides is 1. The Morgan fingerprint density at radius 2 is 1.60 bits per heavy atom. The van der Waals surface area contributed by atoms with Gasteiger partial charge in [0.05, 0.1) is 23.2 Å². The van der Waals surface area contributed by atoms with Crippen LogP contribution in [0, 0.1) is 0 Å². The van der Waals surface area contributed by atoms with E-state index in [1.807, 2.05) is 0 Å². The molecule has 10 heteroatoms. The Morgan fingerprint density at radius 1 is 1.07 bits per heavy atom. The molecule has 0 spiro atoms. The molecule has 2 aromatic rings. The SMILES string of the molecule is CCS(=O)(=O)c1ccc(C(CO)C(=O)Nc2ccc(C(C)(O)C(F)(F)F)cc2)cc1. The molecule has 0 aromatic heterocycles. The third-order valence-electron chi connectivity index (χ3n) is 4.79. The molecule has 3 N–H and O–H groups in total. The third kappa shape index (κ3) is 5.00. The first-order valence-corrected chi connectivity index (χ1v) is 10.6. The molecule has 2 atom stereocenters. The zero-order valence-corrected chi connectivity index (χ0v) is 17.1. The van der Waals surface area contributed by atoms with Crippen molar-refractivity contribution >= 4 is 21.4 Å². The highest BCUT2D eigenvalue weighted by atomic mass is 32.2. The Balaban J connectivity index is 2.18. The van der Waals surface area contributed by atoms with Crippen LogP contribution in [0.25, 0.3) is 0 Å². The van der Waals surface area contributed by atoms with Crippen molar-refractivity contribution in [2.45, 2.75) is 36.4 Å². The second-order valence-corrected chi connectivity index (χ2v) is 9.12. The number of carbonyl (C=O) groups is 1. The smallest absolute Gasteiger partial charge is 0.395 e. The van der Waals surface area contributed by atoms with Gasteiger partial charge in [0.1, 0.15) is 0 Å². The van der Waals surface area contributed by atoms with Gasteiger partial charge in [0.2, 0.25) is 5.91 Å². The van der Waals surface area contributed by atoms with Crippen LogP contribution in [-0.4, -0.2) is 43.1 Å². The minimum absolute atomic E-state index is 0.0759. The largest absolute Gasteiger partial charge is 0.421 e. The van der Waals surface area contributed by atoms with Crippen LogP contribution in [0.4, 0.5) is 18.9 Å². The topological polar surface area (TPSA) is 104 Å². The van der Waals surface area contributed by atoms with Crippen LogP contribution in [-0.2, 0) is 20.2 Å². The molecule has 2 rings (SSSR count). The van der Waals surface area contributed by atoms with E-state index in [-0.39, 0.29) is 21.9 Å². The molecule has 0 fully saturated rings. The summed E-state index contributed by atoms with van der Waals surface area (Å²) in [7, 11) is -3.41. The van der Waals surface area contributed by atoms with Crippen LogP contribution >= 0.6 is 0 Å². The average Bonchev–Trinajstić information content (AvgIpc) is 2.68. The lowest BCUT2D eigenvalue weighted by molar-refractivity contribution is -0.258. The summed E-state index contributed by atoms with van der Waals surface area (Å²) in [5.41, 5.74) is -2.88. The fraction of sp³-hybridized carbons (Fsp3) is 0.350. The van der Waals surface area contributed by atoms with Crippen molar-refractivity contribution in [3.8, 4) is 0 Å². The van der Waals surface area contributed by atoms with Crippen molar-refractivity contribution in [3.05, 3.63) is 59.7 Å². The second kappa shape index (κ2) is 8.75. The Labute approximate surface area is 172 Å². The predicted molar refractivity (Wildman–Crippen MR) is 105 cm³/mol. The number of aliphatic hydroxyl groups is 2. The first kappa shape index (κ1) is 23.8. The zero-order valence-electron chi connectivity index (χ0n) is 16.3. The maximum absolute atomic E-state index is 12.9. The number of hydrogen-bond donors (Lipinski definition) is 3. The van der Waals surface area contributed by atoms with Gasteiger partial charge in [-0.2, -0.15) is 13.2 Å². The first-order chi connectivity index (χ1) is 13.8. The molecule has 0 radical (unpaired) electrons. The molecular weight excluding hydrogens is 423 g/mol. The quantitative estimate of drug-likeness (QED) is 0.608. The lowest BCUT2D eigenvalue weighted by Crippen LogP contribution is -2.39. The molecule has 1 amide bonds. The predicted octanol–water partition coefficient (Wildman–Crippen LogP) is 2.96. The number of rotatable bonds is 7. The highest BCUT2D eigenvalue weighted by Gasteiger charge is 2.51. The summed E-state index contributed by atoms with van der Waals surface area (Å²) in [4.78, 5) is 12.6. The van der Waals surface area contributed by atoms with Crippen molar-refractivity contribution in [2.24, 2.45) is 0 Å². The summed E-state index contributed by atoms with van der Waals surface area (Å²) in [6, 6.07) is 10.0. The van der Waals surface area contributed by atoms with Gasteiger partial charge in [-0.15, -0.1) is 0 Å². The normalized spacial score (nSPS) is 15.3. The first-order valence-electron chi connectivity index (χ1n) is 8.97. The highest BCUT2D eigenvalue weighted by Crippen LogP contribution is 2.38. The van der Waals surface area contributed by atoms with Crippen LogP contribution in [0.5, 0.6) is 0 Å². The van der Waals surface area contributed by atoms with Crippen molar-refractivity contribution in [1.82, 2.24) is 0 Å². The molecule has 0 aliphatic heterocycles. The minimum Gasteiger partial charge on any atom is -0.395 e. The number of aliphatic hydroxyl groups excluding tert-OH is 1. The van der Waals surface area contributed by atoms with E-state index in [1.165, 1.54) is 43.3 Å². The van der Waals surface area contributed by atoms with Crippen LogP contribution in [0.15, 0.2) is 53.4 Å². The van der Waals surface area contributed by atoms with E-state index in [0.29, 0.717) is 12.5 Å². The number of alkyl halides is 3. The van der Waals surface area contributed by atoms with E-state index in [0.717, 1.165) is 12.1 Å². The van der Waals surface area contributed by atoms with Crippen molar-refractivity contribution in [1.29, 1.82) is 0 Å². The van der Waals surface area contributed by atoms with Crippen LogP contribution < -0.4 is 5.32 Å². The number of carbonyl (C=O) groups excluding carboxylic acids is 1. The van der Waals surface area contributed by atoms with Gasteiger partial charge in [0.15, 0.2) is 15.4 Å². The molecule has 0 saturated heterocycles. The molecule has 0 saturated carbocycles. The Morgan fingerprint density at radius 3 is 2.03 bits per heavy atom. The van der Waals surface area contributed by atoms with E-state index in [9.17, 15) is 36.6 Å². The van der Waals surface area contributed by atoms with Crippen molar-refractivity contribution in [2.75, 3.05) is 17.7 Å². The Bertz CT molecular complexity index is 985. The summed E-state index contributed by atoms with van der Waals surface area (Å²) in [5, 5.41) is 21.8. The summed E-state index contributed by atoms with van der Waals surface area (Å²) in [5.74, 6) is -1.71. The number of sulfone groups is 1. The lowest BCUT2D eigenvalue weighted by Gasteiger charge is -2.26. The lowest BCUT2D eigenvalue weighted by atomic mass is 9.95. The van der Waals surface area contributed by atoms with Gasteiger partial charge in [-0.1, -0.05) is 31.2 Å². The summed E-state index contributed by atoms with van der Waals surface area (Å²) < 4.78 is 62.5. The molecular formula is C20H22F3NO5S. The Kier molecular flexibility index (Phi) is 6.95. The van der Waals surface area contributed by atoms with E-state index < -0.39 is 40.0 Å². The van der Waals surface area contributed by atoms with E-state index in [2.05, 4.69) is 5.32 Å². The summed E-state index contributed by atoms with van der Waals surface area (Å²) >= 11 is 0. The summed E-state index contributed by atoms with van der Waals surface area (Å²) in [6.45, 7) is 1.57. The van der Waals surface area contributed by atoms with Gasteiger partial charge in [-0.3, -0.25) is 4.79 Å². The number of nitrogens with one attached hydrogen (secondary N) is 1. The van der Waals surface area contributed by atoms with Gasteiger partial charge in [0, 0.05) is 5.69 Å². The second-order valence-electron chi connectivity index (χ2n) is 6.84. The molecule has 0 heterocycles. The van der Waals surface area contributed by atoms with Crippen LogP contribution in [0.3, 0.4) is 0 Å². The van der Waals surface area contributed by atoms with Crippen LogP contribution in [0.2, 0.25) is 0 Å². The van der Waals surface area contributed by atoms with E-state index in [1.54, 1.807) is 0 Å². The van der Waals surface area contributed by atoms with Crippen molar-refractivity contribution in [3.63, 3.8) is 0 Å². The van der Waals surface area contributed by atoms with E-state index >= 15 is 0 Å². The minimum atomic E-state index is -4.86. The highest BCUT2D eigenvalue weighted by molar-refractivity contribution is 7.91. The average molecular weight is 445 g/mol. The molecule has 6 nitrogen and oxygen atoms in total. The van der Waals surface area contributed by atoms with Crippen molar-refractivity contribution < 1.29 is 36.6 Å². The van der Waals surface area contributed by atoms with E-state index in [4.69, 9.17) is 0 Å². The van der Waals surface area contributed by atoms with Gasteiger partial charge < -0.3 is 15.5 Å². The van der Waals surface area contributed by atoms with Gasteiger partial charge in [-0.05, 0) is 42.3 Å². The van der Waals surface area contributed by atoms with Gasteiger partial charge >= 0.3 is 6.18 Å². The number of hydrogen-bond acceptors (Lipinski definition) is 5. The molecule has 164 valence electrons. The van der Waals surface area contributed by atoms with Gasteiger partial charge in [0.25, 0.3) is 0 Å². The Hall–Kier alpha value is -2.43. The molecule has 0 aliphatic rings. The standard InChI is InChI=1S/C20H22F3NO5S/c1-3-30(28,29)16-10-4-13(5-11-16)17(12-25)18(26)24-15-8-6-14(7-9-15)19(2,27)20(21,22)23/h4-11,17,25,27H,3,12H2,1-2H3,(H,24,26). The maximum atomic E-state index is 12.9. The maximum Gasteiger partial charge on any atom is 0.421 e. The molecule has 0 bridgehead atoms. The number of anilines is 1. The van der Waals surface area contributed by atoms with Gasteiger partial charge in [-0.25, -0.2) is 8.42 Å². The monoisotopic (exact) mass is 445 g/mol. The van der Waals surface area contributed by atoms with Crippen LogP contribution in [0.1, 0.15) is 30.9 Å². The zero-order chi connectivity index (χ0) is 22.7. The third-order valence-corrected chi connectivity index (χ3v) is 6.54. The molecule has 30 heavy (non-hydrogen) atoms. The number of benzene rings is 2. The molecule has 0 aliphatic carbocycles. The fourth-order valence-electron chi connectivity index (χ4n) is 2.68. The number of halogens is 3. The fourth-order valence-corrected chi connectivity index (χ4v) is 3.57. The molecule has 2 aromatic carbocycles. The summed E-state index contributed by atoms with van der Waals surface area (Å²) in [6.07, 6.45) is -4.86.